The van der Waals surface area contributed by atoms with Crippen molar-refractivity contribution in [3.8, 4) is 0 Å². The lowest BCUT2D eigenvalue weighted by Gasteiger charge is -2.29. The number of carbonyl (C=O) groups excluding carboxylic acids is 1. The monoisotopic (exact) mass is 303 g/mol. The first-order valence-electron chi connectivity index (χ1n) is 6.72. The lowest BCUT2D eigenvalue weighted by atomic mass is 9.78. The summed E-state index contributed by atoms with van der Waals surface area (Å²) in [6.07, 6.45) is 5.70. The minimum atomic E-state index is -1.32. The Labute approximate surface area is 126 Å². The molecule has 1 atom stereocenters. The molecule has 0 bridgehead atoms. The van der Waals surface area contributed by atoms with E-state index in [0.29, 0.717) is 12.3 Å². The van der Waals surface area contributed by atoms with Gasteiger partial charge in [0.15, 0.2) is 0 Å². The second-order valence-corrected chi connectivity index (χ2v) is 5.83. The molecular formula is C13H25N3OS2. The number of unbranched alkanes of at least 4 members (excludes halogenated alkanes) is 1. The van der Waals surface area contributed by atoms with E-state index in [1.54, 1.807) is 0 Å². The van der Waals surface area contributed by atoms with Gasteiger partial charge in [-0.15, -0.1) is 0 Å². The van der Waals surface area contributed by atoms with E-state index in [1.165, 1.54) is 6.42 Å². The zero-order valence-electron chi connectivity index (χ0n) is 11.8. The van der Waals surface area contributed by atoms with E-state index in [0.717, 1.165) is 25.7 Å². The van der Waals surface area contributed by atoms with Gasteiger partial charge in [-0.05, 0) is 18.8 Å². The van der Waals surface area contributed by atoms with Gasteiger partial charge in [0.2, 0.25) is 5.91 Å². The molecule has 0 aliphatic heterocycles. The average Bonchev–Trinajstić information content (AvgIpc) is 2.32. The number of primary amides is 1. The molecule has 0 fully saturated rings. The van der Waals surface area contributed by atoms with Crippen LogP contribution < -0.4 is 17.2 Å². The summed E-state index contributed by atoms with van der Waals surface area (Å²) in [4.78, 5) is 11.7. The predicted molar refractivity (Wildman–Crippen MR) is 87.7 cm³/mol. The molecule has 0 saturated carbocycles. The maximum atomic E-state index is 11.7. The summed E-state index contributed by atoms with van der Waals surface area (Å²) in [5.74, 6) is -0.125. The van der Waals surface area contributed by atoms with Crippen molar-refractivity contribution < 1.29 is 4.79 Å². The van der Waals surface area contributed by atoms with Crippen LogP contribution >= 0.6 is 24.4 Å². The van der Waals surface area contributed by atoms with Crippen molar-refractivity contribution in [1.29, 1.82) is 0 Å². The molecular weight excluding hydrogens is 278 g/mol. The highest BCUT2D eigenvalue weighted by Crippen LogP contribution is 2.30. The van der Waals surface area contributed by atoms with Gasteiger partial charge in [0.1, 0.15) is 5.41 Å². The van der Waals surface area contributed by atoms with E-state index in [-0.39, 0.29) is 9.98 Å². The van der Waals surface area contributed by atoms with Crippen molar-refractivity contribution in [3.05, 3.63) is 0 Å². The number of thiocarbonyl (C=S) groups is 2. The Bertz CT molecular complexity index is 309. The van der Waals surface area contributed by atoms with Crippen molar-refractivity contribution in [3.63, 3.8) is 0 Å². The number of carbonyl (C=O) groups is 1. The molecule has 19 heavy (non-hydrogen) atoms. The first-order valence-corrected chi connectivity index (χ1v) is 7.54. The van der Waals surface area contributed by atoms with Crippen molar-refractivity contribution in [2.75, 3.05) is 0 Å². The third-order valence-electron chi connectivity index (χ3n) is 3.73. The first kappa shape index (κ1) is 18.2. The molecule has 0 spiro atoms. The molecule has 0 rings (SSSR count). The van der Waals surface area contributed by atoms with E-state index in [9.17, 15) is 4.79 Å². The second kappa shape index (κ2) is 8.43. The van der Waals surface area contributed by atoms with Gasteiger partial charge in [-0.2, -0.15) is 0 Å². The Morgan fingerprint density at radius 1 is 1.11 bits per heavy atom. The smallest absolute Gasteiger partial charge is 0.237 e. The summed E-state index contributed by atoms with van der Waals surface area (Å²) in [5, 5.41) is 0. The van der Waals surface area contributed by atoms with Crippen LogP contribution in [0.5, 0.6) is 0 Å². The van der Waals surface area contributed by atoms with Crippen LogP contribution in [-0.4, -0.2) is 15.9 Å². The van der Waals surface area contributed by atoms with Crippen molar-refractivity contribution in [2.45, 2.75) is 52.4 Å². The van der Waals surface area contributed by atoms with E-state index < -0.39 is 11.3 Å². The summed E-state index contributed by atoms with van der Waals surface area (Å²) >= 11 is 9.93. The number of hydrogen-bond acceptors (Lipinski definition) is 3. The molecule has 0 aliphatic carbocycles. The van der Waals surface area contributed by atoms with E-state index in [1.807, 2.05) is 0 Å². The van der Waals surface area contributed by atoms with Crippen molar-refractivity contribution in [1.82, 2.24) is 0 Å². The van der Waals surface area contributed by atoms with Crippen molar-refractivity contribution in [2.24, 2.45) is 28.5 Å². The quantitative estimate of drug-likeness (QED) is 0.537. The van der Waals surface area contributed by atoms with Gasteiger partial charge in [0.25, 0.3) is 0 Å². The molecule has 110 valence electrons. The third kappa shape index (κ3) is 4.69. The summed E-state index contributed by atoms with van der Waals surface area (Å²) in [6, 6.07) is 0. The third-order valence-corrected chi connectivity index (χ3v) is 4.43. The highest BCUT2D eigenvalue weighted by Gasteiger charge is 2.43. The number of amides is 1. The molecule has 0 saturated heterocycles. The number of hydrogen-bond donors (Lipinski definition) is 3. The molecule has 1 amide bonds. The predicted octanol–water partition coefficient (Wildman–Crippen LogP) is 2.03. The maximum Gasteiger partial charge on any atom is 0.237 e. The summed E-state index contributed by atoms with van der Waals surface area (Å²) < 4.78 is 0. The fourth-order valence-electron chi connectivity index (χ4n) is 2.20. The van der Waals surface area contributed by atoms with E-state index >= 15 is 0 Å². The van der Waals surface area contributed by atoms with Crippen LogP contribution in [0.15, 0.2) is 0 Å². The first-order chi connectivity index (χ1) is 8.82. The molecule has 1 unspecified atom stereocenters. The average molecular weight is 303 g/mol. The zero-order valence-corrected chi connectivity index (χ0v) is 13.4. The number of rotatable bonds is 10. The van der Waals surface area contributed by atoms with Crippen LogP contribution in [0.25, 0.3) is 0 Å². The SMILES string of the molecule is CCCCC(CC)CCC(C(N)=O)(C(N)=S)C(N)=S. The Hall–Kier alpha value is -0.750. The fraction of sp³-hybridized carbons (Fsp3) is 0.769. The Kier molecular flexibility index (Phi) is 8.09. The Morgan fingerprint density at radius 2 is 1.63 bits per heavy atom. The molecule has 0 aromatic heterocycles. The van der Waals surface area contributed by atoms with Gasteiger partial charge in [-0.25, -0.2) is 0 Å². The van der Waals surface area contributed by atoms with Gasteiger partial charge >= 0.3 is 0 Å². The van der Waals surface area contributed by atoms with Crippen LogP contribution in [0.1, 0.15) is 52.4 Å². The van der Waals surface area contributed by atoms with Gasteiger partial charge in [-0.1, -0.05) is 64.0 Å². The lowest BCUT2D eigenvalue weighted by Crippen LogP contribution is -2.54. The molecule has 6 N–H and O–H groups in total. The van der Waals surface area contributed by atoms with Gasteiger partial charge < -0.3 is 17.2 Å². The van der Waals surface area contributed by atoms with Gasteiger partial charge in [0.05, 0.1) is 9.98 Å². The van der Waals surface area contributed by atoms with Crippen LogP contribution in [0.3, 0.4) is 0 Å². The van der Waals surface area contributed by atoms with Crippen LogP contribution in [0.4, 0.5) is 0 Å². The normalized spacial score (nSPS) is 12.9. The number of nitrogens with two attached hydrogens (primary N) is 3. The standard InChI is InChI=1S/C13H25N3OS2/c1-3-5-6-9(4-2)7-8-13(10(14)17,11(15)18)12(16)19/h9H,3-8H2,1-2H3,(H2,14,17)(H2,15,18)(H2,16,19). The van der Waals surface area contributed by atoms with Gasteiger partial charge in [0, 0.05) is 0 Å². The Morgan fingerprint density at radius 3 is 1.95 bits per heavy atom. The summed E-state index contributed by atoms with van der Waals surface area (Å²) in [5.41, 5.74) is 15.4. The van der Waals surface area contributed by atoms with Crippen LogP contribution in [0, 0.1) is 11.3 Å². The molecule has 4 nitrogen and oxygen atoms in total. The second-order valence-electron chi connectivity index (χ2n) is 4.95. The minimum Gasteiger partial charge on any atom is -0.392 e. The topological polar surface area (TPSA) is 95.1 Å². The van der Waals surface area contributed by atoms with Crippen LogP contribution in [-0.2, 0) is 4.79 Å². The molecule has 0 aromatic rings. The van der Waals surface area contributed by atoms with Crippen molar-refractivity contribution >= 4 is 40.3 Å². The summed E-state index contributed by atoms with van der Waals surface area (Å²) in [6.45, 7) is 4.29. The molecule has 6 heteroatoms. The zero-order chi connectivity index (χ0) is 15.1. The van der Waals surface area contributed by atoms with Gasteiger partial charge in [-0.3, -0.25) is 4.79 Å². The molecule has 0 radical (unpaired) electrons. The van der Waals surface area contributed by atoms with E-state index in [4.69, 9.17) is 41.6 Å². The largest absolute Gasteiger partial charge is 0.392 e. The molecule has 0 heterocycles. The van der Waals surface area contributed by atoms with E-state index in [2.05, 4.69) is 13.8 Å². The van der Waals surface area contributed by atoms with Crippen LogP contribution in [0.2, 0.25) is 0 Å². The Balaban J connectivity index is 4.88. The highest BCUT2D eigenvalue weighted by atomic mass is 32.1. The highest BCUT2D eigenvalue weighted by molar-refractivity contribution is 7.82. The maximum absolute atomic E-state index is 11.7. The summed E-state index contributed by atoms with van der Waals surface area (Å²) in [7, 11) is 0. The molecule has 0 aliphatic rings. The fourth-order valence-corrected chi connectivity index (χ4v) is 2.89. The molecule has 0 aromatic carbocycles. The minimum absolute atomic E-state index is 0.0159. The lowest BCUT2D eigenvalue weighted by molar-refractivity contribution is -0.122.